The molecule has 0 spiro atoms. The number of methoxy groups -OCH3 is 4. The van der Waals surface area contributed by atoms with E-state index in [0.29, 0.717) is 35.1 Å². The standard InChI is InChI=1S/C18H22N2O6/c1-23-14-5-12(6-15(8-14)24-2)10-19-11-13-7-17(25-3)18(26-4)9-16(13)20(21)22/h5-9,19H,10-11H2,1-4H3. The number of nitrogens with zero attached hydrogens (tertiary/aromatic N) is 1. The molecule has 0 atom stereocenters. The van der Waals surface area contributed by atoms with Crippen LogP contribution < -0.4 is 24.3 Å². The second-order valence-corrected chi connectivity index (χ2v) is 5.42. The van der Waals surface area contributed by atoms with Crippen molar-refractivity contribution in [2.75, 3.05) is 28.4 Å². The van der Waals surface area contributed by atoms with Crippen LogP contribution in [-0.4, -0.2) is 33.4 Å². The second kappa shape index (κ2) is 8.91. The molecule has 0 aromatic heterocycles. The largest absolute Gasteiger partial charge is 0.497 e. The van der Waals surface area contributed by atoms with Crippen LogP contribution in [0, 0.1) is 10.1 Å². The van der Waals surface area contributed by atoms with Gasteiger partial charge in [0.1, 0.15) is 11.5 Å². The highest BCUT2D eigenvalue weighted by Gasteiger charge is 2.19. The molecule has 0 unspecified atom stereocenters. The Morgan fingerprint density at radius 2 is 1.42 bits per heavy atom. The monoisotopic (exact) mass is 362 g/mol. The Morgan fingerprint density at radius 3 is 1.92 bits per heavy atom. The second-order valence-electron chi connectivity index (χ2n) is 5.42. The lowest BCUT2D eigenvalue weighted by Crippen LogP contribution is -2.14. The molecule has 8 nitrogen and oxygen atoms in total. The van der Waals surface area contributed by atoms with Crippen LogP contribution in [0.1, 0.15) is 11.1 Å². The fourth-order valence-corrected chi connectivity index (χ4v) is 2.53. The molecule has 0 aliphatic rings. The molecule has 0 saturated heterocycles. The summed E-state index contributed by atoms with van der Waals surface area (Å²) in [6.07, 6.45) is 0. The Morgan fingerprint density at radius 1 is 0.846 bits per heavy atom. The average molecular weight is 362 g/mol. The van der Waals surface area contributed by atoms with Gasteiger partial charge in [0, 0.05) is 24.7 Å². The summed E-state index contributed by atoms with van der Waals surface area (Å²) in [4.78, 5) is 10.9. The average Bonchev–Trinajstić information content (AvgIpc) is 2.66. The van der Waals surface area contributed by atoms with Gasteiger partial charge in [-0.3, -0.25) is 10.1 Å². The minimum Gasteiger partial charge on any atom is -0.497 e. The summed E-state index contributed by atoms with van der Waals surface area (Å²) in [6, 6.07) is 8.50. The summed E-state index contributed by atoms with van der Waals surface area (Å²) < 4.78 is 20.8. The molecule has 140 valence electrons. The fraction of sp³-hybridized carbons (Fsp3) is 0.333. The quantitative estimate of drug-likeness (QED) is 0.541. The van der Waals surface area contributed by atoms with Crippen molar-refractivity contribution in [3.05, 3.63) is 51.6 Å². The third-order valence-electron chi connectivity index (χ3n) is 3.84. The summed E-state index contributed by atoms with van der Waals surface area (Å²) in [7, 11) is 6.09. The smallest absolute Gasteiger partial charge is 0.277 e. The molecule has 8 heteroatoms. The lowest BCUT2D eigenvalue weighted by Gasteiger charge is -2.12. The maximum atomic E-state index is 11.3. The Balaban J connectivity index is 2.17. The van der Waals surface area contributed by atoms with Gasteiger partial charge in [-0.15, -0.1) is 0 Å². The molecular formula is C18H22N2O6. The molecule has 0 heterocycles. The number of ether oxygens (including phenoxy) is 4. The molecule has 2 aromatic carbocycles. The van der Waals surface area contributed by atoms with Gasteiger partial charge in [-0.2, -0.15) is 0 Å². The van der Waals surface area contributed by atoms with E-state index in [4.69, 9.17) is 18.9 Å². The molecule has 0 aliphatic heterocycles. The summed E-state index contributed by atoms with van der Waals surface area (Å²) in [5.41, 5.74) is 1.41. The van der Waals surface area contributed by atoms with E-state index in [2.05, 4.69) is 5.32 Å². The topological polar surface area (TPSA) is 92.1 Å². The number of nitro benzene ring substituents is 1. The van der Waals surface area contributed by atoms with Crippen molar-refractivity contribution in [2.45, 2.75) is 13.1 Å². The van der Waals surface area contributed by atoms with Crippen molar-refractivity contribution in [1.82, 2.24) is 5.32 Å². The predicted octanol–water partition coefficient (Wildman–Crippen LogP) is 2.92. The van der Waals surface area contributed by atoms with Gasteiger partial charge in [-0.05, 0) is 23.8 Å². The van der Waals surface area contributed by atoms with Gasteiger partial charge in [0.05, 0.1) is 39.4 Å². The molecular weight excluding hydrogens is 340 g/mol. The molecule has 0 amide bonds. The van der Waals surface area contributed by atoms with E-state index in [9.17, 15) is 10.1 Å². The molecule has 0 bridgehead atoms. The third-order valence-corrected chi connectivity index (χ3v) is 3.84. The van der Waals surface area contributed by atoms with Gasteiger partial charge < -0.3 is 24.3 Å². The summed E-state index contributed by atoms with van der Waals surface area (Å²) in [5, 5.41) is 14.5. The van der Waals surface area contributed by atoms with Crippen LogP contribution in [-0.2, 0) is 13.1 Å². The van der Waals surface area contributed by atoms with E-state index in [1.54, 1.807) is 26.4 Å². The number of rotatable bonds is 9. The number of benzene rings is 2. The summed E-state index contributed by atoms with van der Waals surface area (Å²) in [5.74, 6) is 2.12. The van der Waals surface area contributed by atoms with Crippen molar-refractivity contribution in [3.63, 3.8) is 0 Å². The Kier molecular flexibility index (Phi) is 6.62. The zero-order chi connectivity index (χ0) is 19.1. The lowest BCUT2D eigenvalue weighted by atomic mass is 10.1. The van der Waals surface area contributed by atoms with Crippen molar-refractivity contribution in [2.24, 2.45) is 0 Å². The minimum atomic E-state index is -0.437. The molecule has 2 aromatic rings. The first-order chi connectivity index (χ1) is 12.5. The Bertz CT molecular complexity index is 756. The highest BCUT2D eigenvalue weighted by molar-refractivity contribution is 5.54. The highest BCUT2D eigenvalue weighted by Crippen LogP contribution is 2.34. The van der Waals surface area contributed by atoms with Crippen LogP contribution in [0.25, 0.3) is 0 Å². The fourth-order valence-electron chi connectivity index (χ4n) is 2.53. The SMILES string of the molecule is COc1cc(CNCc2cc(OC)c(OC)cc2[N+](=O)[O-])cc(OC)c1. The van der Waals surface area contributed by atoms with E-state index < -0.39 is 4.92 Å². The van der Waals surface area contributed by atoms with Gasteiger partial charge >= 0.3 is 0 Å². The molecule has 0 fully saturated rings. The first kappa shape index (κ1) is 19.3. The lowest BCUT2D eigenvalue weighted by molar-refractivity contribution is -0.385. The van der Waals surface area contributed by atoms with Gasteiger partial charge in [0.25, 0.3) is 5.69 Å². The molecule has 0 radical (unpaired) electrons. The van der Waals surface area contributed by atoms with Crippen LogP contribution in [0.4, 0.5) is 5.69 Å². The zero-order valence-electron chi connectivity index (χ0n) is 15.2. The zero-order valence-corrected chi connectivity index (χ0v) is 15.2. The predicted molar refractivity (Wildman–Crippen MR) is 96.3 cm³/mol. The number of hydrogen-bond donors (Lipinski definition) is 1. The van der Waals surface area contributed by atoms with Crippen LogP contribution in [0.5, 0.6) is 23.0 Å². The number of hydrogen-bond acceptors (Lipinski definition) is 7. The van der Waals surface area contributed by atoms with Crippen molar-refractivity contribution in [1.29, 1.82) is 0 Å². The van der Waals surface area contributed by atoms with Crippen LogP contribution >= 0.6 is 0 Å². The maximum absolute atomic E-state index is 11.3. The first-order valence-corrected chi connectivity index (χ1v) is 7.84. The Labute approximate surface area is 151 Å². The van der Waals surface area contributed by atoms with Crippen LogP contribution in [0.15, 0.2) is 30.3 Å². The van der Waals surface area contributed by atoms with Gasteiger partial charge in [-0.25, -0.2) is 0 Å². The molecule has 0 aliphatic carbocycles. The normalized spacial score (nSPS) is 10.3. The Hall–Kier alpha value is -3.00. The number of nitrogens with one attached hydrogen (secondary N) is 1. The van der Waals surface area contributed by atoms with Gasteiger partial charge in [0.2, 0.25) is 0 Å². The maximum Gasteiger partial charge on any atom is 0.277 e. The van der Waals surface area contributed by atoms with E-state index in [1.165, 1.54) is 20.3 Å². The molecule has 2 rings (SSSR count). The molecule has 26 heavy (non-hydrogen) atoms. The van der Waals surface area contributed by atoms with Crippen molar-refractivity contribution < 1.29 is 23.9 Å². The third kappa shape index (κ3) is 4.54. The molecule has 1 N–H and O–H groups in total. The van der Waals surface area contributed by atoms with E-state index in [0.717, 1.165) is 5.56 Å². The van der Waals surface area contributed by atoms with E-state index in [1.807, 2.05) is 12.1 Å². The van der Waals surface area contributed by atoms with Crippen molar-refractivity contribution >= 4 is 5.69 Å². The minimum absolute atomic E-state index is 0.0293. The summed E-state index contributed by atoms with van der Waals surface area (Å²) >= 11 is 0. The highest BCUT2D eigenvalue weighted by atomic mass is 16.6. The van der Waals surface area contributed by atoms with Crippen molar-refractivity contribution in [3.8, 4) is 23.0 Å². The number of nitro groups is 1. The van der Waals surface area contributed by atoms with Gasteiger partial charge in [-0.1, -0.05) is 0 Å². The van der Waals surface area contributed by atoms with Gasteiger partial charge in [0.15, 0.2) is 11.5 Å². The van der Waals surface area contributed by atoms with E-state index in [-0.39, 0.29) is 12.2 Å². The molecule has 0 saturated carbocycles. The first-order valence-electron chi connectivity index (χ1n) is 7.84. The van der Waals surface area contributed by atoms with E-state index >= 15 is 0 Å². The van der Waals surface area contributed by atoms with Crippen LogP contribution in [0.2, 0.25) is 0 Å². The summed E-state index contributed by atoms with van der Waals surface area (Å²) in [6.45, 7) is 0.773. The van der Waals surface area contributed by atoms with Crippen LogP contribution in [0.3, 0.4) is 0 Å².